The van der Waals surface area contributed by atoms with E-state index in [2.05, 4.69) is 15.0 Å². The lowest BCUT2D eigenvalue weighted by atomic mass is 9.96. The third-order valence-electron chi connectivity index (χ3n) is 4.22. The molecule has 1 heterocycles. The first-order valence-corrected chi connectivity index (χ1v) is 8.85. The summed E-state index contributed by atoms with van der Waals surface area (Å²) >= 11 is 12.6. The van der Waals surface area contributed by atoms with Gasteiger partial charge in [0.2, 0.25) is 0 Å². The Hall–Kier alpha value is -1.47. The Bertz CT molecular complexity index is 747. The van der Waals surface area contributed by atoms with Gasteiger partial charge in [0.05, 0.1) is 16.1 Å². The van der Waals surface area contributed by atoms with Gasteiger partial charge in [-0.15, -0.1) is 13.2 Å². The lowest BCUT2D eigenvalue weighted by Crippen LogP contribution is -2.45. The van der Waals surface area contributed by atoms with Crippen molar-refractivity contribution in [2.24, 2.45) is 0 Å². The van der Waals surface area contributed by atoms with Gasteiger partial charge in [-0.1, -0.05) is 47.5 Å². The first-order valence-electron chi connectivity index (χ1n) is 8.09. The minimum absolute atomic E-state index is 0.205. The fourth-order valence-electron chi connectivity index (χ4n) is 3.11. The average Bonchev–Trinajstić information content (AvgIpc) is 2.60. The Kier molecular flexibility index (Phi) is 5.97. The van der Waals surface area contributed by atoms with Crippen LogP contribution in [0.3, 0.4) is 0 Å². The molecule has 1 saturated heterocycles. The van der Waals surface area contributed by atoms with Crippen LogP contribution in [-0.4, -0.2) is 37.4 Å². The minimum atomic E-state index is -4.71. The van der Waals surface area contributed by atoms with Crippen molar-refractivity contribution in [2.45, 2.75) is 12.4 Å². The zero-order valence-corrected chi connectivity index (χ0v) is 15.2. The second-order valence-corrected chi connectivity index (χ2v) is 6.73. The van der Waals surface area contributed by atoms with Crippen molar-refractivity contribution in [3.05, 3.63) is 63.6 Å². The summed E-state index contributed by atoms with van der Waals surface area (Å²) in [7, 11) is 0. The van der Waals surface area contributed by atoms with Gasteiger partial charge in [-0.25, -0.2) is 0 Å². The highest BCUT2D eigenvalue weighted by Crippen LogP contribution is 2.37. The van der Waals surface area contributed by atoms with Crippen LogP contribution in [0.2, 0.25) is 10.0 Å². The molecule has 0 radical (unpaired) electrons. The molecule has 140 valence electrons. The summed E-state index contributed by atoms with van der Waals surface area (Å²) < 4.78 is 41.1. The van der Waals surface area contributed by atoms with Crippen molar-refractivity contribution in [3.63, 3.8) is 0 Å². The van der Waals surface area contributed by atoms with E-state index in [4.69, 9.17) is 23.2 Å². The fraction of sp³-hybridized carbons (Fsp3) is 0.333. The van der Waals surface area contributed by atoms with Crippen LogP contribution in [0.25, 0.3) is 0 Å². The van der Waals surface area contributed by atoms with E-state index in [0.29, 0.717) is 10.0 Å². The normalized spacial score (nSPS) is 17.1. The zero-order chi connectivity index (χ0) is 18.7. The first kappa shape index (κ1) is 19.3. The van der Waals surface area contributed by atoms with Crippen molar-refractivity contribution >= 4 is 23.2 Å². The SMILES string of the molecule is FC(F)(F)Oc1ccc([C@@H](c2cccc(Cl)c2Cl)N2CCNCC2)cc1. The number of alkyl halides is 3. The summed E-state index contributed by atoms with van der Waals surface area (Å²) in [4.78, 5) is 2.23. The number of piperazine rings is 1. The van der Waals surface area contributed by atoms with E-state index < -0.39 is 6.36 Å². The van der Waals surface area contributed by atoms with E-state index in [9.17, 15) is 13.2 Å². The van der Waals surface area contributed by atoms with E-state index in [1.165, 1.54) is 12.1 Å². The summed E-state index contributed by atoms with van der Waals surface area (Å²) in [6.45, 7) is 3.22. The number of ether oxygens (including phenoxy) is 1. The van der Waals surface area contributed by atoms with E-state index in [1.807, 2.05) is 12.1 Å². The second kappa shape index (κ2) is 8.05. The van der Waals surface area contributed by atoms with Crippen LogP contribution in [0.4, 0.5) is 13.2 Å². The molecule has 0 unspecified atom stereocenters. The number of nitrogens with zero attached hydrogens (tertiary/aromatic N) is 1. The van der Waals surface area contributed by atoms with Crippen LogP contribution in [0, 0.1) is 0 Å². The van der Waals surface area contributed by atoms with Gasteiger partial charge in [-0.2, -0.15) is 0 Å². The third kappa shape index (κ3) is 4.62. The summed E-state index contributed by atoms with van der Waals surface area (Å²) in [6.07, 6.45) is -4.71. The van der Waals surface area contributed by atoms with Crippen LogP contribution < -0.4 is 10.1 Å². The van der Waals surface area contributed by atoms with Crippen LogP contribution in [0.5, 0.6) is 5.75 Å². The van der Waals surface area contributed by atoms with Gasteiger partial charge in [0, 0.05) is 26.2 Å². The Morgan fingerprint density at radius 3 is 2.27 bits per heavy atom. The molecule has 0 bridgehead atoms. The average molecular weight is 405 g/mol. The third-order valence-corrected chi connectivity index (χ3v) is 5.06. The quantitative estimate of drug-likeness (QED) is 0.785. The molecular formula is C18H17Cl2F3N2O. The molecule has 1 aliphatic heterocycles. The molecule has 0 amide bonds. The molecule has 0 aliphatic carbocycles. The highest BCUT2D eigenvalue weighted by atomic mass is 35.5. The van der Waals surface area contributed by atoms with Crippen molar-refractivity contribution < 1.29 is 17.9 Å². The van der Waals surface area contributed by atoms with Crippen LogP contribution in [0.1, 0.15) is 17.2 Å². The molecule has 0 saturated carbocycles. The molecule has 8 heteroatoms. The molecule has 3 rings (SSSR count). The molecule has 1 fully saturated rings. The van der Waals surface area contributed by atoms with Crippen molar-refractivity contribution in [1.29, 1.82) is 0 Å². The topological polar surface area (TPSA) is 24.5 Å². The fourth-order valence-corrected chi connectivity index (χ4v) is 3.52. The number of nitrogens with one attached hydrogen (secondary N) is 1. The lowest BCUT2D eigenvalue weighted by Gasteiger charge is -2.36. The van der Waals surface area contributed by atoms with Crippen molar-refractivity contribution in [3.8, 4) is 5.75 Å². The largest absolute Gasteiger partial charge is 0.573 e. The molecule has 1 aliphatic rings. The van der Waals surface area contributed by atoms with E-state index >= 15 is 0 Å². The number of hydrogen-bond donors (Lipinski definition) is 1. The van der Waals surface area contributed by atoms with Gasteiger partial charge in [0.15, 0.2) is 0 Å². The maximum atomic E-state index is 12.4. The molecule has 26 heavy (non-hydrogen) atoms. The Morgan fingerprint density at radius 1 is 1.00 bits per heavy atom. The van der Waals surface area contributed by atoms with Gasteiger partial charge in [0.1, 0.15) is 5.75 Å². The van der Waals surface area contributed by atoms with Crippen LogP contribution >= 0.6 is 23.2 Å². The Morgan fingerprint density at radius 2 is 1.65 bits per heavy atom. The molecule has 1 N–H and O–H groups in total. The van der Waals surface area contributed by atoms with Crippen molar-refractivity contribution in [1.82, 2.24) is 10.2 Å². The highest BCUT2D eigenvalue weighted by Gasteiger charge is 2.31. The number of benzene rings is 2. The zero-order valence-electron chi connectivity index (χ0n) is 13.7. The Balaban J connectivity index is 1.96. The smallest absolute Gasteiger partial charge is 0.406 e. The maximum Gasteiger partial charge on any atom is 0.573 e. The van der Waals surface area contributed by atoms with E-state index in [1.54, 1.807) is 18.2 Å². The summed E-state index contributed by atoms with van der Waals surface area (Å²) in [5.74, 6) is -0.252. The second-order valence-electron chi connectivity index (χ2n) is 5.95. The minimum Gasteiger partial charge on any atom is -0.406 e. The number of rotatable bonds is 4. The number of halogens is 5. The summed E-state index contributed by atoms with van der Waals surface area (Å²) in [5, 5.41) is 4.19. The maximum absolute atomic E-state index is 12.4. The van der Waals surface area contributed by atoms with Crippen LogP contribution in [-0.2, 0) is 0 Å². The monoisotopic (exact) mass is 404 g/mol. The number of hydrogen-bond acceptors (Lipinski definition) is 3. The van der Waals surface area contributed by atoms with E-state index in [-0.39, 0.29) is 11.8 Å². The lowest BCUT2D eigenvalue weighted by molar-refractivity contribution is -0.274. The molecule has 0 spiro atoms. The summed E-state index contributed by atoms with van der Waals surface area (Å²) in [6, 6.07) is 11.1. The Labute approximate surface area is 159 Å². The predicted molar refractivity (Wildman–Crippen MR) is 95.9 cm³/mol. The van der Waals surface area contributed by atoms with Crippen LogP contribution in [0.15, 0.2) is 42.5 Å². The molecule has 2 aromatic carbocycles. The highest BCUT2D eigenvalue weighted by molar-refractivity contribution is 6.42. The predicted octanol–water partition coefficient (Wildman–Crippen LogP) is 4.89. The van der Waals surface area contributed by atoms with Gasteiger partial charge in [0.25, 0.3) is 0 Å². The molecular weight excluding hydrogens is 388 g/mol. The van der Waals surface area contributed by atoms with E-state index in [0.717, 1.165) is 37.3 Å². The van der Waals surface area contributed by atoms with Gasteiger partial charge < -0.3 is 10.1 Å². The summed E-state index contributed by atoms with van der Waals surface area (Å²) in [5.41, 5.74) is 1.65. The standard InChI is InChI=1S/C18H17Cl2F3N2O/c19-15-3-1-2-14(16(15)20)17(25-10-8-24-9-11-25)12-4-6-13(7-5-12)26-18(21,22)23/h1-7,17,24H,8-11H2/t17-/m0/s1. The van der Waals surface area contributed by atoms with Gasteiger partial charge in [-0.3, -0.25) is 4.90 Å². The first-order chi connectivity index (χ1) is 12.3. The van der Waals surface area contributed by atoms with Crippen molar-refractivity contribution in [2.75, 3.05) is 26.2 Å². The molecule has 2 aromatic rings. The molecule has 0 aromatic heterocycles. The van der Waals surface area contributed by atoms with Gasteiger partial charge >= 0.3 is 6.36 Å². The van der Waals surface area contributed by atoms with Gasteiger partial charge in [-0.05, 0) is 29.3 Å². The molecule has 1 atom stereocenters. The molecule has 3 nitrogen and oxygen atoms in total.